The molecule has 8 nitrogen and oxygen atoms in total. The van der Waals surface area contributed by atoms with Gasteiger partial charge in [-0.3, -0.25) is 4.79 Å². The van der Waals surface area contributed by atoms with Crippen LogP contribution in [0.25, 0.3) is 5.82 Å². The highest BCUT2D eigenvalue weighted by Crippen LogP contribution is 2.33. The lowest BCUT2D eigenvalue weighted by molar-refractivity contribution is 0.0994. The molecule has 0 fully saturated rings. The van der Waals surface area contributed by atoms with Gasteiger partial charge in [-0.2, -0.15) is 9.78 Å². The minimum atomic E-state index is -0.771. The van der Waals surface area contributed by atoms with E-state index < -0.39 is 11.7 Å². The SMILES string of the molecule is NC(=O)c1nn(-c2ccc(F)cn2)c(O)c1CCc1ccc2c(c1)OCO2. The topological polar surface area (TPSA) is 112 Å². The maximum absolute atomic E-state index is 13.1. The number of rotatable bonds is 5. The first-order valence-electron chi connectivity index (χ1n) is 8.14. The maximum Gasteiger partial charge on any atom is 0.269 e. The third-order valence-electron chi connectivity index (χ3n) is 4.22. The second-order valence-corrected chi connectivity index (χ2v) is 5.95. The molecule has 1 aromatic carbocycles. The minimum Gasteiger partial charge on any atom is -0.493 e. The van der Waals surface area contributed by atoms with Crippen molar-refractivity contribution in [2.45, 2.75) is 12.8 Å². The van der Waals surface area contributed by atoms with Crippen molar-refractivity contribution in [1.82, 2.24) is 14.8 Å². The Morgan fingerprint density at radius 2 is 2.04 bits per heavy atom. The lowest BCUT2D eigenvalue weighted by Gasteiger charge is -2.05. The van der Waals surface area contributed by atoms with E-state index in [1.54, 1.807) is 6.07 Å². The minimum absolute atomic E-state index is 0.0561. The molecule has 3 heterocycles. The number of pyridine rings is 1. The zero-order valence-electron chi connectivity index (χ0n) is 14.1. The number of halogens is 1. The third-order valence-corrected chi connectivity index (χ3v) is 4.22. The lowest BCUT2D eigenvalue weighted by Crippen LogP contribution is -2.14. The Kier molecular flexibility index (Phi) is 4.11. The number of benzene rings is 1. The number of fused-ring (bicyclic) bond motifs is 1. The van der Waals surface area contributed by atoms with Crippen LogP contribution in [0.1, 0.15) is 21.6 Å². The average Bonchev–Trinajstić information content (AvgIpc) is 3.25. The molecule has 0 atom stereocenters. The summed E-state index contributed by atoms with van der Waals surface area (Å²) in [6, 6.07) is 8.04. The Balaban J connectivity index is 1.63. The fourth-order valence-electron chi connectivity index (χ4n) is 2.89. The first kappa shape index (κ1) is 16.8. The second kappa shape index (κ2) is 6.60. The van der Waals surface area contributed by atoms with E-state index in [1.165, 1.54) is 12.1 Å². The predicted octanol–water partition coefficient (Wildman–Crippen LogP) is 1.72. The number of hydrogen-bond acceptors (Lipinski definition) is 6. The van der Waals surface area contributed by atoms with Crippen LogP contribution in [0.5, 0.6) is 17.4 Å². The van der Waals surface area contributed by atoms with Gasteiger partial charge < -0.3 is 20.3 Å². The second-order valence-electron chi connectivity index (χ2n) is 5.95. The number of carbonyl (C=O) groups is 1. The zero-order chi connectivity index (χ0) is 19.0. The van der Waals surface area contributed by atoms with Crippen molar-refractivity contribution in [3.05, 3.63) is 59.2 Å². The molecule has 4 rings (SSSR count). The molecular weight excluding hydrogens is 355 g/mol. The summed E-state index contributed by atoms with van der Waals surface area (Å²) in [5, 5.41) is 14.6. The Hall–Kier alpha value is -3.62. The van der Waals surface area contributed by atoms with E-state index in [9.17, 15) is 14.3 Å². The molecule has 3 N–H and O–H groups in total. The number of nitrogens with two attached hydrogens (primary N) is 1. The summed E-state index contributed by atoms with van der Waals surface area (Å²) in [6.45, 7) is 0.183. The standard InChI is InChI=1S/C18H15FN4O4/c19-11-3-6-15(21-8-11)23-18(25)12(16(22-23)17(20)24)4-1-10-2-5-13-14(7-10)27-9-26-13/h2-3,5-8,25H,1,4,9H2,(H2,20,24). The molecule has 3 aromatic rings. The van der Waals surface area contributed by atoms with Gasteiger partial charge in [0.05, 0.1) is 6.20 Å². The molecule has 138 valence electrons. The molecule has 1 amide bonds. The van der Waals surface area contributed by atoms with Gasteiger partial charge in [-0.1, -0.05) is 6.07 Å². The number of aromatic nitrogens is 3. The van der Waals surface area contributed by atoms with Crippen molar-refractivity contribution in [1.29, 1.82) is 0 Å². The normalized spacial score (nSPS) is 12.3. The van der Waals surface area contributed by atoms with Gasteiger partial charge in [-0.05, 0) is 42.7 Å². The summed E-state index contributed by atoms with van der Waals surface area (Å²) < 4.78 is 24.8. The van der Waals surface area contributed by atoms with Gasteiger partial charge in [-0.25, -0.2) is 9.37 Å². The van der Waals surface area contributed by atoms with Crippen molar-refractivity contribution in [2.24, 2.45) is 5.73 Å². The van der Waals surface area contributed by atoms with Crippen molar-refractivity contribution in [2.75, 3.05) is 6.79 Å². The molecule has 9 heteroatoms. The summed E-state index contributed by atoms with van der Waals surface area (Å²) in [7, 11) is 0. The largest absolute Gasteiger partial charge is 0.493 e. The maximum atomic E-state index is 13.1. The molecule has 27 heavy (non-hydrogen) atoms. The molecule has 0 saturated carbocycles. The van der Waals surface area contributed by atoms with Crippen molar-refractivity contribution >= 4 is 5.91 Å². The number of nitrogens with zero attached hydrogens (tertiary/aromatic N) is 3. The van der Waals surface area contributed by atoms with E-state index >= 15 is 0 Å². The van der Waals surface area contributed by atoms with Crippen molar-refractivity contribution in [3.8, 4) is 23.2 Å². The monoisotopic (exact) mass is 370 g/mol. The van der Waals surface area contributed by atoms with E-state index in [0.29, 0.717) is 29.9 Å². The van der Waals surface area contributed by atoms with Gasteiger partial charge >= 0.3 is 0 Å². The summed E-state index contributed by atoms with van der Waals surface area (Å²) in [5.74, 6) is -0.0579. The highest BCUT2D eigenvalue weighted by atomic mass is 19.1. The Labute approximate surface area is 153 Å². The molecule has 0 bridgehead atoms. The van der Waals surface area contributed by atoms with E-state index in [0.717, 1.165) is 16.4 Å². The molecule has 0 spiro atoms. The highest BCUT2D eigenvalue weighted by Gasteiger charge is 2.23. The summed E-state index contributed by atoms with van der Waals surface area (Å²) >= 11 is 0. The highest BCUT2D eigenvalue weighted by molar-refractivity contribution is 5.93. The van der Waals surface area contributed by atoms with Gasteiger partial charge in [0.15, 0.2) is 23.0 Å². The Bertz CT molecular complexity index is 1020. The molecule has 1 aliphatic rings. The fraction of sp³-hybridized carbons (Fsp3) is 0.167. The van der Waals surface area contributed by atoms with Crippen LogP contribution in [0.3, 0.4) is 0 Å². The van der Waals surface area contributed by atoms with Gasteiger partial charge in [0.1, 0.15) is 5.82 Å². The average molecular weight is 370 g/mol. The third kappa shape index (κ3) is 3.14. The molecule has 1 aliphatic heterocycles. The van der Waals surface area contributed by atoms with Crippen molar-refractivity contribution < 1.29 is 23.8 Å². The molecular formula is C18H15FN4O4. The fourth-order valence-corrected chi connectivity index (χ4v) is 2.89. The predicted molar refractivity (Wildman–Crippen MR) is 91.5 cm³/mol. The van der Waals surface area contributed by atoms with Crippen LogP contribution in [-0.2, 0) is 12.8 Å². The first-order valence-corrected chi connectivity index (χ1v) is 8.14. The van der Waals surface area contributed by atoms with Crippen LogP contribution in [0.2, 0.25) is 0 Å². The zero-order valence-corrected chi connectivity index (χ0v) is 14.1. The smallest absolute Gasteiger partial charge is 0.269 e. The van der Waals surface area contributed by atoms with E-state index in [1.807, 2.05) is 12.1 Å². The van der Waals surface area contributed by atoms with Crippen LogP contribution in [-0.4, -0.2) is 32.6 Å². The Morgan fingerprint density at radius 1 is 1.22 bits per heavy atom. The van der Waals surface area contributed by atoms with Crippen molar-refractivity contribution in [3.63, 3.8) is 0 Å². The van der Waals surface area contributed by atoms with Crippen LogP contribution in [0.4, 0.5) is 4.39 Å². The lowest BCUT2D eigenvalue weighted by atomic mass is 10.0. The summed E-state index contributed by atoms with van der Waals surface area (Å²) in [4.78, 5) is 15.6. The quantitative estimate of drug-likeness (QED) is 0.707. The van der Waals surface area contributed by atoms with Crippen LogP contribution in [0, 0.1) is 5.82 Å². The number of primary amides is 1. The van der Waals surface area contributed by atoms with E-state index in [-0.39, 0.29) is 24.2 Å². The molecule has 0 aliphatic carbocycles. The van der Waals surface area contributed by atoms with Gasteiger partial charge in [0, 0.05) is 5.56 Å². The van der Waals surface area contributed by atoms with E-state index in [4.69, 9.17) is 15.2 Å². The number of aromatic hydroxyl groups is 1. The number of amides is 1. The number of hydrogen-bond donors (Lipinski definition) is 2. The van der Waals surface area contributed by atoms with E-state index in [2.05, 4.69) is 10.1 Å². The van der Waals surface area contributed by atoms with Crippen LogP contribution in [0.15, 0.2) is 36.5 Å². The molecule has 2 aromatic heterocycles. The number of aryl methyl sites for hydroxylation is 1. The number of carbonyl (C=O) groups excluding carboxylic acids is 1. The van der Waals surface area contributed by atoms with Gasteiger partial charge in [-0.15, -0.1) is 0 Å². The van der Waals surface area contributed by atoms with Crippen LogP contribution < -0.4 is 15.2 Å². The van der Waals surface area contributed by atoms with Crippen LogP contribution >= 0.6 is 0 Å². The molecule has 0 saturated heterocycles. The van der Waals surface area contributed by atoms with Gasteiger partial charge in [0.25, 0.3) is 5.91 Å². The number of ether oxygens (including phenoxy) is 2. The molecule has 0 radical (unpaired) electrons. The summed E-state index contributed by atoms with van der Waals surface area (Å²) in [6.07, 6.45) is 1.81. The van der Waals surface area contributed by atoms with Gasteiger partial charge in [0.2, 0.25) is 12.7 Å². The summed E-state index contributed by atoms with van der Waals surface area (Å²) in [5.41, 5.74) is 6.57. The Morgan fingerprint density at radius 3 is 2.78 bits per heavy atom. The molecule has 0 unspecified atom stereocenters. The first-order chi connectivity index (χ1) is 13.0.